The van der Waals surface area contributed by atoms with Gasteiger partial charge in [-0.3, -0.25) is 14.4 Å². The van der Waals surface area contributed by atoms with Crippen molar-refractivity contribution in [2.75, 3.05) is 20.0 Å². The van der Waals surface area contributed by atoms with Crippen molar-refractivity contribution in [3.8, 4) is 189 Å². The van der Waals surface area contributed by atoms with Gasteiger partial charge in [0.05, 0.1) is 0 Å². The minimum absolute atomic E-state index is 0.0545. The smallest absolute Gasteiger partial charge is 0.455 e. The van der Waals surface area contributed by atoms with Crippen molar-refractivity contribution in [2.45, 2.75) is 144 Å². The first-order valence-electron chi connectivity index (χ1n) is 27.1. The van der Waals surface area contributed by atoms with Gasteiger partial charge in [-0.2, -0.15) is 0 Å². The van der Waals surface area contributed by atoms with E-state index in [1.54, 1.807) is 20.8 Å². The highest BCUT2D eigenvalue weighted by molar-refractivity contribution is 5.89. The molecule has 0 N–H and O–H groups in total. The summed E-state index contributed by atoms with van der Waals surface area (Å²) >= 11 is 0. The molecule has 0 aliphatic heterocycles. The van der Waals surface area contributed by atoms with Gasteiger partial charge in [-0.25, -0.2) is 14.4 Å². The second-order valence-corrected chi connectivity index (χ2v) is 20.1. The van der Waals surface area contributed by atoms with Crippen LogP contribution in [0.3, 0.4) is 0 Å². The molecule has 12 heteroatoms. The van der Waals surface area contributed by atoms with E-state index >= 15 is 0 Å². The molecule has 0 heterocycles. The van der Waals surface area contributed by atoms with E-state index < -0.39 is 56.1 Å². The highest BCUT2D eigenvalue weighted by Gasteiger charge is 2.61. The summed E-state index contributed by atoms with van der Waals surface area (Å²) in [7, 11) is 0. The SMILES string of the molecule is CC#CC#CC#CC#CC#CC#CC#CC#CC(=O)OCC(COC(=O)C#CC#CC#CC#CC#CC#CC#CC#CC)OC(=O)CC(C)CCCCC(=O)OCOC(=O)OC1CC[C@@]2(C)[C@@H](CC[C@@H]3[C@@H]2CC[C@]2(C)[C@@H](C(C)=O)CC[C@@H]32)C1. The Morgan fingerprint density at radius 3 is 1.47 bits per heavy atom. The lowest BCUT2D eigenvalue weighted by Gasteiger charge is -2.61. The molecular formula is C71H60O12. The Bertz CT molecular complexity index is 3410. The molecular weight excluding hydrogens is 1040 g/mol. The fourth-order valence-corrected chi connectivity index (χ4v) is 11.3. The number of hydrogen-bond donors (Lipinski definition) is 0. The van der Waals surface area contributed by atoms with E-state index in [1.807, 2.05) is 6.92 Å². The van der Waals surface area contributed by atoms with E-state index in [2.05, 4.69) is 203 Å². The topological polar surface area (TPSA) is 158 Å². The Hall–Kier alpha value is -10.2. The second kappa shape index (κ2) is 36.9. The summed E-state index contributed by atoms with van der Waals surface area (Å²) < 4.78 is 31.8. The largest absolute Gasteiger partial charge is 0.511 e. The average Bonchev–Trinajstić information content (AvgIpc) is 3.93. The maximum Gasteiger partial charge on any atom is 0.511 e. The molecule has 4 rings (SSSR count). The molecule has 12 nitrogen and oxygen atoms in total. The first-order chi connectivity index (χ1) is 40.2. The van der Waals surface area contributed by atoms with Crippen LogP contribution in [-0.4, -0.2) is 68.0 Å². The number of carbonyl (C=O) groups is 6. The number of unbranched alkanes of at least 4 members (excludes halogenated alkanes) is 1. The highest BCUT2D eigenvalue weighted by Crippen LogP contribution is 2.67. The van der Waals surface area contributed by atoms with Gasteiger partial charge in [0.25, 0.3) is 0 Å². The van der Waals surface area contributed by atoms with E-state index in [0.29, 0.717) is 48.7 Å². The van der Waals surface area contributed by atoms with E-state index in [4.69, 9.17) is 28.4 Å². The second-order valence-electron chi connectivity index (χ2n) is 20.1. The third-order valence-electron chi connectivity index (χ3n) is 14.9. The first-order valence-corrected chi connectivity index (χ1v) is 27.1. The van der Waals surface area contributed by atoms with Crippen molar-refractivity contribution < 1.29 is 57.2 Å². The average molecular weight is 1110 g/mol. The Morgan fingerprint density at radius 1 is 0.506 bits per heavy atom. The minimum atomic E-state index is -1.24. The fourth-order valence-electron chi connectivity index (χ4n) is 11.3. The molecule has 4 aliphatic carbocycles. The van der Waals surface area contributed by atoms with Gasteiger partial charge >= 0.3 is 30.0 Å². The molecule has 0 aromatic carbocycles. The van der Waals surface area contributed by atoms with Gasteiger partial charge < -0.3 is 28.4 Å². The van der Waals surface area contributed by atoms with Gasteiger partial charge in [0.2, 0.25) is 6.79 Å². The molecule has 0 aromatic rings. The van der Waals surface area contributed by atoms with Gasteiger partial charge in [-0.05, 0) is 291 Å². The molecule has 83 heavy (non-hydrogen) atoms. The number of rotatable bonds is 16. The van der Waals surface area contributed by atoms with Crippen LogP contribution in [0.5, 0.6) is 0 Å². The predicted octanol–water partition coefficient (Wildman–Crippen LogP) is 6.94. The van der Waals surface area contributed by atoms with Gasteiger partial charge in [0.15, 0.2) is 6.10 Å². The van der Waals surface area contributed by atoms with Gasteiger partial charge in [0.1, 0.15) is 25.1 Å². The number of hydrogen-bond acceptors (Lipinski definition) is 12. The number of Topliss-reactive ketones (excluding diaryl/α,β-unsaturated/α-hetero) is 1. The molecule has 0 spiro atoms. The zero-order valence-electron chi connectivity index (χ0n) is 47.5. The molecule has 2 unspecified atom stereocenters. The molecule has 0 radical (unpaired) electrons. The maximum absolute atomic E-state index is 13.0. The Kier molecular flexibility index (Phi) is 29.0. The zero-order chi connectivity index (χ0) is 60.0. The first kappa shape index (κ1) is 65.3. The van der Waals surface area contributed by atoms with Crippen LogP contribution in [0, 0.1) is 236 Å². The van der Waals surface area contributed by atoms with Crippen LogP contribution >= 0.6 is 0 Å². The van der Waals surface area contributed by atoms with Crippen LogP contribution in [0.4, 0.5) is 4.79 Å². The standard InChI is InChI=1S/C71H60O12/c1-7-9-11-13-15-17-19-21-23-25-27-29-31-33-35-40-65(73)78-53-60(54-79-66(74)41-36-34-32-30-28-26-24-22-20-18-16-14-12-10-8-2)82-68(76)51-56(3)39-37-38-42-67(75)80-55-81-69(77)83-59-47-49-70(5)58(52-59)43-44-61-63-46-45-62(57(4)72)71(63,6)50-48-64(61)70/h56,58-64H,37-39,42-55H2,1-6H3/t56?,58-,59?,61-,62+,63-,64-,70-,71+/m0/s1. The third kappa shape index (κ3) is 24.0. The summed E-state index contributed by atoms with van der Waals surface area (Å²) in [5, 5.41) is 0. The molecule has 0 amide bonds. The van der Waals surface area contributed by atoms with E-state index in [0.717, 1.165) is 57.8 Å². The Balaban J connectivity index is 1.18. The van der Waals surface area contributed by atoms with Crippen LogP contribution in [0.25, 0.3) is 0 Å². The Labute approximate surface area is 490 Å². The van der Waals surface area contributed by atoms with Crippen LogP contribution in [0.2, 0.25) is 0 Å². The number of ketones is 1. The van der Waals surface area contributed by atoms with Crippen LogP contribution < -0.4 is 0 Å². The molecule has 9 atom stereocenters. The van der Waals surface area contributed by atoms with Crippen molar-refractivity contribution in [1.82, 2.24) is 0 Å². The lowest BCUT2D eigenvalue weighted by atomic mass is 9.44. The summed E-state index contributed by atoms with van der Waals surface area (Å²) in [5.41, 5.74) is 0.293. The normalized spacial score (nSPS) is 21.0. The molecule has 4 fully saturated rings. The summed E-state index contributed by atoms with van der Waals surface area (Å²) in [6.07, 6.45) is 8.34. The number of ether oxygens (including phenoxy) is 6. The third-order valence-corrected chi connectivity index (χ3v) is 14.9. The fraction of sp³-hybridized carbons (Fsp3) is 0.465. The molecule has 416 valence electrons. The zero-order valence-corrected chi connectivity index (χ0v) is 47.5. The van der Waals surface area contributed by atoms with Gasteiger partial charge in [-0.15, -0.1) is 0 Å². The summed E-state index contributed by atoms with van der Waals surface area (Å²) in [5.74, 6) is 77.6. The van der Waals surface area contributed by atoms with Crippen molar-refractivity contribution >= 4 is 35.8 Å². The lowest BCUT2D eigenvalue weighted by Crippen LogP contribution is -2.54. The molecule has 4 saturated carbocycles. The van der Waals surface area contributed by atoms with Crippen LogP contribution in [0.1, 0.15) is 131 Å². The van der Waals surface area contributed by atoms with Crippen LogP contribution in [0.15, 0.2) is 0 Å². The Morgan fingerprint density at radius 2 is 0.976 bits per heavy atom. The van der Waals surface area contributed by atoms with E-state index in [9.17, 15) is 28.8 Å². The number of esters is 4. The minimum Gasteiger partial charge on any atom is -0.455 e. The van der Waals surface area contributed by atoms with Crippen molar-refractivity contribution in [1.29, 1.82) is 0 Å². The molecule has 0 aromatic heterocycles. The monoisotopic (exact) mass is 1100 g/mol. The van der Waals surface area contributed by atoms with Crippen molar-refractivity contribution in [2.24, 2.45) is 46.3 Å². The summed E-state index contributed by atoms with van der Waals surface area (Å²) in [4.78, 5) is 75.5. The molecule has 4 aliphatic rings. The van der Waals surface area contributed by atoms with E-state index in [1.165, 1.54) is 0 Å². The van der Waals surface area contributed by atoms with Crippen LogP contribution in [-0.2, 0) is 52.4 Å². The maximum atomic E-state index is 13.0. The quantitative estimate of drug-likeness (QED) is 0.0393. The van der Waals surface area contributed by atoms with Crippen molar-refractivity contribution in [3.63, 3.8) is 0 Å². The lowest BCUT2D eigenvalue weighted by molar-refractivity contribution is -0.164. The number of carbonyl (C=O) groups excluding carboxylic acids is 6. The van der Waals surface area contributed by atoms with E-state index in [-0.39, 0.29) is 41.6 Å². The summed E-state index contributed by atoms with van der Waals surface area (Å²) in [6, 6.07) is 0. The molecule has 0 bridgehead atoms. The van der Waals surface area contributed by atoms with Crippen molar-refractivity contribution in [3.05, 3.63) is 0 Å². The van der Waals surface area contributed by atoms with Gasteiger partial charge in [-0.1, -0.05) is 45.5 Å². The van der Waals surface area contributed by atoms with Gasteiger partial charge in [0, 0.05) is 30.6 Å². The predicted molar refractivity (Wildman–Crippen MR) is 308 cm³/mol. The summed E-state index contributed by atoms with van der Waals surface area (Å²) in [6.45, 7) is 10.1. The number of fused-ring (bicyclic) bond motifs is 5. The highest BCUT2D eigenvalue weighted by atomic mass is 16.8. The molecule has 0 saturated heterocycles.